The first-order valence-electron chi connectivity index (χ1n) is 8.63. The number of anilines is 2. The van der Waals surface area contributed by atoms with Gasteiger partial charge < -0.3 is 20.9 Å². The Balaban J connectivity index is 1.61. The molecular formula is C18H24N4O3. The third-order valence-corrected chi connectivity index (χ3v) is 4.88. The monoisotopic (exact) mass is 344 g/mol. The molecule has 2 heterocycles. The number of fused-ring (bicyclic) bond motifs is 1. The zero-order valence-corrected chi connectivity index (χ0v) is 14.6. The quantitative estimate of drug-likeness (QED) is 0.771. The SMILES string of the molecule is CC(=O)N[C@H](C)CC(=O)N1CCC2(CC1)Nc1ccccc1NC2=O. The van der Waals surface area contributed by atoms with Crippen LogP contribution in [0.5, 0.6) is 0 Å². The van der Waals surface area contributed by atoms with E-state index >= 15 is 0 Å². The van der Waals surface area contributed by atoms with E-state index in [9.17, 15) is 14.4 Å². The van der Waals surface area contributed by atoms with Gasteiger partial charge in [-0.15, -0.1) is 0 Å². The summed E-state index contributed by atoms with van der Waals surface area (Å²) < 4.78 is 0. The van der Waals surface area contributed by atoms with Gasteiger partial charge in [0.05, 0.1) is 11.4 Å². The van der Waals surface area contributed by atoms with E-state index in [2.05, 4.69) is 16.0 Å². The number of hydrogen-bond acceptors (Lipinski definition) is 4. The number of nitrogens with zero attached hydrogens (tertiary/aromatic N) is 1. The molecule has 7 heteroatoms. The Morgan fingerprint density at radius 2 is 1.88 bits per heavy atom. The van der Waals surface area contributed by atoms with Crippen molar-refractivity contribution < 1.29 is 14.4 Å². The third kappa shape index (κ3) is 3.60. The minimum absolute atomic E-state index is 0.00715. The molecule has 2 aliphatic heterocycles. The van der Waals surface area contributed by atoms with Gasteiger partial charge in [-0.25, -0.2) is 0 Å². The Bertz CT molecular complexity index is 695. The third-order valence-electron chi connectivity index (χ3n) is 4.88. The van der Waals surface area contributed by atoms with Crippen LogP contribution >= 0.6 is 0 Å². The Kier molecular flexibility index (Phi) is 4.65. The summed E-state index contributed by atoms with van der Waals surface area (Å²) in [7, 11) is 0. The van der Waals surface area contributed by atoms with Crippen LogP contribution in [0.2, 0.25) is 0 Å². The molecule has 1 atom stereocenters. The van der Waals surface area contributed by atoms with E-state index in [1.807, 2.05) is 31.2 Å². The highest BCUT2D eigenvalue weighted by Crippen LogP contribution is 2.36. The molecule has 1 saturated heterocycles. The van der Waals surface area contributed by atoms with Gasteiger partial charge in [-0.3, -0.25) is 14.4 Å². The van der Waals surface area contributed by atoms with Crippen LogP contribution in [0.4, 0.5) is 11.4 Å². The molecule has 134 valence electrons. The second-order valence-electron chi connectivity index (χ2n) is 6.89. The van der Waals surface area contributed by atoms with E-state index in [0.29, 0.717) is 25.9 Å². The predicted octanol–water partition coefficient (Wildman–Crippen LogP) is 1.33. The number of carbonyl (C=O) groups is 3. The highest BCUT2D eigenvalue weighted by molar-refractivity contribution is 6.06. The molecule has 1 aromatic carbocycles. The number of nitrogens with one attached hydrogen (secondary N) is 3. The van der Waals surface area contributed by atoms with Gasteiger partial charge in [-0.05, 0) is 31.9 Å². The van der Waals surface area contributed by atoms with Crippen LogP contribution in [-0.4, -0.2) is 47.3 Å². The van der Waals surface area contributed by atoms with Crippen molar-refractivity contribution in [2.75, 3.05) is 23.7 Å². The summed E-state index contributed by atoms with van der Waals surface area (Å²) >= 11 is 0. The normalized spacial score (nSPS) is 19.4. The van der Waals surface area contributed by atoms with Crippen molar-refractivity contribution in [3.63, 3.8) is 0 Å². The summed E-state index contributed by atoms with van der Waals surface area (Å²) in [6, 6.07) is 7.44. The van der Waals surface area contributed by atoms with Crippen molar-refractivity contribution >= 4 is 29.1 Å². The molecule has 1 aromatic rings. The lowest BCUT2D eigenvalue weighted by Gasteiger charge is -2.44. The number of amides is 3. The van der Waals surface area contributed by atoms with Gasteiger partial charge in [0.15, 0.2) is 0 Å². The summed E-state index contributed by atoms with van der Waals surface area (Å²) in [5.41, 5.74) is 1.05. The largest absolute Gasteiger partial charge is 0.369 e. The van der Waals surface area contributed by atoms with E-state index in [1.54, 1.807) is 4.90 Å². The standard InChI is InChI=1S/C18H24N4O3/c1-12(19-13(2)23)11-16(24)22-9-7-18(8-10-22)17(25)20-14-5-3-4-6-15(14)21-18/h3-6,12,21H,7-11H2,1-2H3,(H,19,23)(H,20,25)/t12-/m1/s1. The molecule has 3 N–H and O–H groups in total. The van der Waals surface area contributed by atoms with Gasteiger partial charge in [0.2, 0.25) is 17.7 Å². The number of rotatable bonds is 3. The molecular weight excluding hydrogens is 320 g/mol. The van der Waals surface area contributed by atoms with E-state index in [1.165, 1.54) is 6.92 Å². The summed E-state index contributed by atoms with van der Waals surface area (Å²) in [4.78, 5) is 37.8. The van der Waals surface area contributed by atoms with Gasteiger partial charge in [0.25, 0.3) is 0 Å². The topological polar surface area (TPSA) is 90.5 Å². The maximum Gasteiger partial charge on any atom is 0.250 e. The summed E-state index contributed by atoms with van der Waals surface area (Å²) in [5.74, 6) is -0.169. The van der Waals surface area contributed by atoms with Gasteiger partial charge >= 0.3 is 0 Å². The smallest absolute Gasteiger partial charge is 0.250 e. The first kappa shape index (κ1) is 17.3. The van der Waals surface area contributed by atoms with Crippen LogP contribution in [0.25, 0.3) is 0 Å². The van der Waals surface area contributed by atoms with Crippen molar-refractivity contribution in [2.45, 2.75) is 44.7 Å². The number of carbonyl (C=O) groups excluding carboxylic acids is 3. The Morgan fingerprint density at radius 3 is 2.52 bits per heavy atom. The summed E-state index contributed by atoms with van der Waals surface area (Å²) in [5, 5.41) is 9.07. The Morgan fingerprint density at radius 1 is 1.24 bits per heavy atom. The minimum atomic E-state index is -0.658. The molecule has 1 spiro atoms. The van der Waals surface area contributed by atoms with Crippen molar-refractivity contribution in [3.05, 3.63) is 24.3 Å². The van der Waals surface area contributed by atoms with Crippen molar-refractivity contribution in [1.82, 2.24) is 10.2 Å². The zero-order chi connectivity index (χ0) is 18.0. The van der Waals surface area contributed by atoms with Crippen molar-refractivity contribution in [1.29, 1.82) is 0 Å². The van der Waals surface area contributed by atoms with Gasteiger partial charge in [0.1, 0.15) is 5.54 Å². The molecule has 0 unspecified atom stereocenters. The molecule has 7 nitrogen and oxygen atoms in total. The van der Waals surface area contributed by atoms with Gasteiger partial charge in [-0.1, -0.05) is 12.1 Å². The van der Waals surface area contributed by atoms with E-state index in [4.69, 9.17) is 0 Å². The van der Waals surface area contributed by atoms with Gasteiger partial charge in [-0.2, -0.15) is 0 Å². The minimum Gasteiger partial charge on any atom is -0.369 e. The van der Waals surface area contributed by atoms with Crippen LogP contribution in [0.3, 0.4) is 0 Å². The molecule has 2 aliphatic rings. The molecule has 3 amide bonds. The fourth-order valence-electron chi connectivity index (χ4n) is 3.54. The molecule has 0 radical (unpaired) electrons. The number of benzene rings is 1. The Labute approximate surface area is 147 Å². The van der Waals surface area contributed by atoms with Crippen LogP contribution < -0.4 is 16.0 Å². The maximum atomic E-state index is 12.6. The van der Waals surface area contributed by atoms with Crippen molar-refractivity contribution in [2.24, 2.45) is 0 Å². The first-order valence-corrected chi connectivity index (χ1v) is 8.63. The van der Waals surface area contributed by atoms with Crippen LogP contribution in [0.15, 0.2) is 24.3 Å². The second-order valence-corrected chi connectivity index (χ2v) is 6.89. The lowest BCUT2D eigenvalue weighted by Crippen LogP contribution is -2.59. The number of hydrogen-bond donors (Lipinski definition) is 3. The van der Waals surface area contributed by atoms with Crippen LogP contribution in [0, 0.1) is 0 Å². The maximum absolute atomic E-state index is 12.6. The van der Waals surface area contributed by atoms with Gasteiger partial charge in [0, 0.05) is 32.5 Å². The lowest BCUT2D eigenvalue weighted by molar-refractivity contribution is -0.135. The molecule has 0 aromatic heterocycles. The Hall–Kier alpha value is -2.57. The highest BCUT2D eigenvalue weighted by Gasteiger charge is 2.44. The molecule has 3 rings (SSSR count). The fourth-order valence-corrected chi connectivity index (χ4v) is 3.54. The zero-order valence-electron chi connectivity index (χ0n) is 14.6. The van der Waals surface area contributed by atoms with Crippen LogP contribution in [-0.2, 0) is 14.4 Å². The van der Waals surface area contributed by atoms with Crippen LogP contribution in [0.1, 0.15) is 33.1 Å². The number of likely N-dealkylation sites (tertiary alicyclic amines) is 1. The number of piperidine rings is 1. The molecule has 25 heavy (non-hydrogen) atoms. The first-order chi connectivity index (χ1) is 11.9. The van der Waals surface area contributed by atoms with Crippen molar-refractivity contribution in [3.8, 4) is 0 Å². The molecule has 0 bridgehead atoms. The molecule has 1 fully saturated rings. The molecule has 0 aliphatic carbocycles. The average molecular weight is 344 g/mol. The lowest BCUT2D eigenvalue weighted by atomic mass is 9.84. The second kappa shape index (κ2) is 6.74. The summed E-state index contributed by atoms with van der Waals surface area (Å²) in [6.45, 7) is 4.30. The number of para-hydroxylation sites is 2. The fraction of sp³-hybridized carbons (Fsp3) is 0.500. The summed E-state index contributed by atoms with van der Waals surface area (Å²) in [6.07, 6.45) is 1.40. The van der Waals surface area contributed by atoms with E-state index in [-0.39, 0.29) is 30.2 Å². The highest BCUT2D eigenvalue weighted by atomic mass is 16.2. The molecule has 0 saturated carbocycles. The average Bonchev–Trinajstić information content (AvgIpc) is 2.55. The van der Waals surface area contributed by atoms with E-state index in [0.717, 1.165) is 11.4 Å². The predicted molar refractivity (Wildman–Crippen MR) is 95.1 cm³/mol. The van der Waals surface area contributed by atoms with E-state index < -0.39 is 5.54 Å².